The van der Waals surface area contributed by atoms with E-state index in [0.717, 1.165) is 0 Å². The van der Waals surface area contributed by atoms with Crippen LogP contribution in [0.25, 0.3) is 5.82 Å². The van der Waals surface area contributed by atoms with Crippen molar-refractivity contribution in [1.82, 2.24) is 20.0 Å². The van der Waals surface area contributed by atoms with E-state index in [2.05, 4.69) is 15.2 Å². The number of nitrogens with two attached hydrogens (primary N) is 1. The molecule has 3 rings (SSSR count). The number of halogens is 1. The van der Waals surface area contributed by atoms with Gasteiger partial charge in [-0.15, -0.1) is 4.80 Å². The Kier molecular flexibility index (Phi) is 3.00. The summed E-state index contributed by atoms with van der Waals surface area (Å²) >= 11 is 0. The van der Waals surface area contributed by atoms with Crippen LogP contribution in [0.5, 0.6) is 11.5 Å². The Labute approximate surface area is 113 Å². The molecule has 2 N–H and O–H groups in total. The zero-order valence-corrected chi connectivity index (χ0v) is 10.3. The molecule has 0 fully saturated rings. The molecule has 6 nitrogen and oxygen atoms in total. The average Bonchev–Trinajstić information content (AvgIpc) is 2.97. The zero-order valence-electron chi connectivity index (χ0n) is 10.3. The Hall–Kier alpha value is -2.96. The highest BCUT2D eigenvalue weighted by Crippen LogP contribution is 2.24. The quantitative estimate of drug-likeness (QED) is 0.738. The van der Waals surface area contributed by atoms with E-state index in [1.165, 1.54) is 16.9 Å². The Bertz CT molecular complexity index is 729. The van der Waals surface area contributed by atoms with Crippen molar-refractivity contribution < 1.29 is 9.13 Å². The molecule has 1 aromatic carbocycles. The van der Waals surface area contributed by atoms with Crippen LogP contribution < -0.4 is 10.5 Å². The van der Waals surface area contributed by atoms with Crippen molar-refractivity contribution in [2.45, 2.75) is 0 Å². The van der Waals surface area contributed by atoms with E-state index in [-0.39, 0.29) is 5.69 Å². The van der Waals surface area contributed by atoms with Crippen molar-refractivity contribution in [2.24, 2.45) is 0 Å². The fraction of sp³-hybridized carbons (Fsp3) is 0. The lowest BCUT2D eigenvalue weighted by Gasteiger charge is -2.07. The number of benzene rings is 1. The van der Waals surface area contributed by atoms with Crippen molar-refractivity contribution >= 4 is 5.69 Å². The van der Waals surface area contributed by atoms with Gasteiger partial charge in [0.1, 0.15) is 17.3 Å². The van der Waals surface area contributed by atoms with Gasteiger partial charge in [-0.1, -0.05) is 0 Å². The maximum Gasteiger partial charge on any atom is 0.177 e. The molecular formula is C13H10FN5O. The fourth-order valence-corrected chi connectivity index (χ4v) is 1.61. The van der Waals surface area contributed by atoms with E-state index in [1.807, 2.05) is 0 Å². The van der Waals surface area contributed by atoms with Crippen molar-refractivity contribution in [3.8, 4) is 17.3 Å². The van der Waals surface area contributed by atoms with E-state index in [1.54, 1.807) is 36.8 Å². The number of aromatic nitrogens is 4. The maximum absolute atomic E-state index is 13.3. The van der Waals surface area contributed by atoms with Gasteiger partial charge in [-0.25, -0.2) is 9.37 Å². The van der Waals surface area contributed by atoms with Crippen LogP contribution in [0.1, 0.15) is 0 Å². The molecule has 7 heteroatoms. The second kappa shape index (κ2) is 4.96. The number of rotatable bonds is 3. The van der Waals surface area contributed by atoms with Crippen LogP contribution in [0.4, 0.5) is 10.1 Å². The number of ether oxygens (including phenoxy) is 1. The van der Waals surface area contributed by atoms with Crippen LogP contribution in [-0.4, -0.2) is 20.0 Å². The van der Waals surface area contributed by atoms with Gasteiger partial charge in [-0.05, 0) is 18.2 Å². The van der Waals surface area contributed by atoms with E-state index >= 15 is 0 Å². The predicted molar refractivity (Wildman–Crippen MR) is 70.0 cm³/mol. The highest BCUT2D eigenvalue weighted by atomic mass is 19.1. The summed E-state index contributed by atoms with van der Waals surface area (Å²) < 4.78 is 18.9. The molecule has 20 heavy (non-hydrogen) atoms. The first-order chi connectivity index (χ1) is 9.72. The average molecular weight is 271 g/mol. The largest absolute Gasteiger partial charge is 0.457 e. The molecule has 0 aliphatic rings. The molecule has 0 spiro atoms. The number of nitrogen functional groups attached to an aromatic ring is 1. The first kappa shape index (κ1) is 12.1. The number of nitrogens with zero attached hydrogens (tertiary/aromatic N) is 4. The van der Waals surface area contributed by atoms with Gasteiger partial charge in [0.05, 0.1) is 18.1 Å². The summed E-state index contributed by atoms with van der Waals surface area (Å²) in [6, 6.07) is 7.56. The highest BCUT2D eigenvalue weighted by molar-refractivity contribution is 5.45. The van der Waals surface area contributed by atoms with E-state index < -0.39 is 5.82 Å². The van der Waals surface area contributed by atoms with Crippen molar-refractivity contribution in [2.75, 3.05) is 5.73 Å². The monoisotopic (exact) mass is 271 g/mol. The minimum Gasteiger partial charge on any atom is -0.457 e. The molecule has 0 saturated carbocycles. The minimum absolute atomic E-state index is 0.0773. The molecule has 2 aromatic heterocycles. The van der Waals surface area contributed by atoms with Crippen molar-refractivity contribution in [1.29, 1.82) is 0 Å². The molecule has 3 aromatic rings. The van der Waals surface area contributed by atoms with Gasteiger partial charge in [0, 0.05) is 18.3 Å². The van der Waals surface area contributed by atoms with Gasteiger partial charge in [-0.3, -0.25) is 0 Å². The molecule has 0 amide bonds. The SMILES string of the molecule is Nc1ccc(Oc2ccnc(-n3nccn3)c2)cc1F. The number of anilines is 1. The molecule has 100 valence electrons. The Morgan fingerprint density at radius 2 is 1.75 bits per heavy atom. The smallest absolute Gasteiger partial charge is 0.177 e. The fourth-order valence-electron chi connectivity index (χ4n) is 1.61. The summed E-state index contributed by atoms with van der Waals surface area (Å²) in [6.45, 7) is 0. The third-order valence-electron chi connectivity index (χ3n) is 2.55. The molecule has 0 saturated heterocycles. The molecule has 0 bridgehead atoms. The standard InChI is InChI=1S/C13H10FN5O/c14-11-7-9(1-2-12(11)15)20-10-3-4-16-13(8-10)19-17-5-6-18-19/h1-8H,15H2. The van der Waals surface area contributed by atoms with Gasteiger partial charge in [0.2, 0.25) is 0 Å². The van der Waals surface area contributed by atoms with Gasteiger partial charge < -0.3 is 10.5 Å². The summed E-state index contributed by atoms with van der Waals surface area (Å²) in [5, 5.41) is 7.94. The molecule has 0 aliphatic heterocycles. The van der Waals surface area contributed by atoms with E-state index in [9.17, 15) is 4.39 Å². The van der Waals surface area contributed by atoms with Crippen LogP contribution in [0.3, 0.4) is 0 Å². The lowest BCUT2D eigenvalue weighted by atomic mass is 10.3. The topological polar surface area (TPSA) is 78.9 Å². The van der Waals surface area contributed by atoms with E-state index in [4.69, 9.17) is 10.5 Å². The number of hydrogen-bond acceptors (Lipinski definition) is 5. The normalized spacial score (nSPS) is 10.4. The summed E-state index contributed by atoms with van der Waals surface area (Å²) in [4.78, 5) is 5.48. The molecule has 0 atom stereocenters. The Balaban J connectivity index is 1.87. The summed E-state index contributed by atoms with van der Waals surface area (Å²) in [5.41, 5.74) is 5.49. The van der Waals surface area contributed by atoms with Crippen LogP contribution in [0.2, 0.25) is 0 Å². The van der Waals surface area contributed by atoms with Crippen molar-refractivity contribution in [3.63, 3.8) is 0 Å². The van der Waals surface area contributed by atoms with Crippen molar-refractivity contribution in [3.05, 3.63) is 54.7 Å². The molecule has 0 unspecified atom stereocenters. The first-order valence-electron chi connectivity index (χ1n) is 5.78. The zero-order chi connectivity index (χ0) is 13.9. The molecule has 0 radical (unpaired) electrons. The maximum atomic E-state index is 13.3. The molecule has 0 aliphatic carbocycles. The van der Waals surface area contributed by atoms with Gasteiger partial charge >= 0.3 is 0 Å². The Morgan fingerprint density at radius 1 is 1.00 bits per heavy atom. The summed E-state index contributed by atoms with van der Waals surface area (Å²) in [7, 11) is 0. The third kappa shape index (κ3) is 2.41. The predicted octanol–water partition coefficient (Wildman–Crippen LogP) is 2.18. The van der Waals surface area contributed by atoms with Gasteiger partial charge in [0.15, 0.2) is 5.82 Å². The second-order valence-electron chi connectivity index (χ2n) is 3.95. The summed E-state index contributed by atoms with van der Waals surface area (Å²) in [6.07, 6.45) is 4.65. The second-order valence-corrected chi connectivity index (χ2v) is 3.95. The van der Waals surface area contributed by atoms with Crippen LogP contribution in [0.15, 0.2) is 48.9 Å². The van der Waals surface area contributed by atoms with Crippen LogP contribution in [-0.2, 0) is 0 Å². The van der Waals surface area contributed by atoms with E-state index in [0.29, 0.717) is 17.3 Å². The van der Waals surface area contributed by atoms with Crippen LogP contribution >= 0.6 is 0 Å². The minimum atomic E-state index is -0.523. The Morgan fingerprint density at radius 3 is 2.50 bits per heavy atom. The number of hydrogen-bond donors (Lipinski definition) is 1. The molecule has 2 heterocycles. The summed E-state index contributed by atoms with van der Waals surface area (Å²) in [5.74, 6) is 0.827. The van der Waals surface area contributed by atoms with Gasteiger partial charge in [0.25, 0.3) is 0 Å². The highest BCUT2D eigenvalue weighted by Gasteiger charge is 2.05. The lowest BCUT2D eigenvalue weighted by molar-refractivity contribution is 0.475. The number of pyridine rings is 1. The third-order valence-corrected chi connectivity index (χ3v) is 2.55. The van der Waals surface area contributed by atoms with Crippen LogP contribution in [0, 0.1) is 5.82 Å². The molecular weight excluding hydrogens is 261 g/mol. The van der Waals surface area contributed by atoms with Gasteiger partial charge in [-0.2, -0.15) is 10.2 Å². The first-order valence-corrected chi connectivity index (χ1v) is 5.78. The lowest BCUT2D eigenvalue weighted by Crippen LogP contribution is -2.01.